The number of nitrogens with zero attached hydrogens (tertiary/aromatic N) is 1. The SMILES string of the molecule is CC(C)C(NP(C)C(C)(C)C)C1=N[C@H](C(C)C)CO1. The van der Waals surface area contributed by atoms with E-state index < -0.39 is 0 Å². The highest BCUT2D eigenvalue weighted by atomic mass is 31.1. The van der Waals surface area contributed by atoms with Crippen molar-refractivity contribution in [1.29, 1.82) is 0 Å². The zero-order chi connectivity index (χ0) is 14.8. The fourth-order valence-electron chi connectivity index (χ4n) is 1.81. The first kappa shape index (κ1) is 16.9. The summed E-state index contributed by atoms with van der Waals surface area (Å²) in [4.78, 5) is 4.79. The van der Waals surface area contributed by atoms with Gasteiger partial charge in [0, 0.05) is 0 Å². The summed E-state index contributed by atoms with van der Waals surface area (Å²) in [5, 5.41) is 4.07. The van der Waals surface area contributed by atoms with E-state index in [2.05, 4.69) is 60.2 Å². The topological polar surface area (TPSA) is 33.6 Å². The largest absolute Gasteiger partial charge is 0.478 e. The average Bonchev–Trinajstić information content (AvgIpc) is 2.72. The van der Waals surface area contributed by atoms with E-state index in [1.165, 1.54) is 0 Å². The number of rotatable bonds is 5. The molecule has 0 aromatic carbocycles. The van der Waals surface area contributed by atoms with Crippen molar-refractivity contribution in [2.75, 3.05) is 13.3 Å². The van der Waals surface area contributed by atoms with E-state index in [9.17, 15) is 0 Å². The summed E-state index contributed by atoms with van der Waals surface area (Å²) in [5.41, 5.74) is 0. The molecule has 3 atom stereocenters. The molecule has 2 unspecified atom stereocenters. The predicted octanol–water partition coefficient (Wildman–Crippen LogP) is 3.88. The molecule has 3 nitrogen and oxygen atoms in total. The quantitative estimate of drug-likeness (QED) is 0.778. The molecule has 4 heteroatoms. The third-order valence-corrected chi connectivity index (χ3v) is 6.41. The van der Waals surface area contributed by atoms with Gasteiger partial charge in [-0.3, -0.25) is 5.09 Å². The van der Waals surface area contributed by atoms with E-state index in [0.29, 0.717) is 23.0 Å². The molecule has 1 rings (SSSR count). The number of aliphatic imine (C=N–C) groups is 1. The second kappa shape index (κ2) is 6.54. The van der Waals surface area contributed by atoms with Crippen molar-refractivity contribution in [1.82, 2.24) is 5.09 Å². The van der Waals surface area contributed by atoms with Crippen LogP contribution < -0.4 is 5.09 Å². The van der Waals surface area contributed by atoms with Crippen LogP contribution in [0.25, 0.3) is 0 Å². The number of hydrogen-bond acceptors (Lipinski definition) is 3. The van der Waals surface area contributed by atoms with Gasteiger partial charge in [-0.05, 0) is 31.7 Å². The van der Waals surface area contributed by atoms with Gasteiger partial charge in [0.05, 0.1) is 12.1 Å². The van der Waals surface area contributed by atoms with Gasteiger partial charge in [0.1, 0.15) is 6.61 Å². The van der Waals surface area contributed by atoms with E-state index in [4.69, 9.17) is 9.73 Å². The smallest absolute Gasteiger partial charge is 0.201 e. The molecule has 1 N–H and O–H groups in total. The molecular weight excluding hydrogens is 255 g/mol. The highest BCUT2D eigenvalue weighted by Gasteiger charge is 2.32. The fourth-order valence-corrected chi connectivity index (χ4v) is 3.03. The van der Waals surface area contributed by atoms with Gasteiger partial charge in [0.15, 0.2) is 0 Å². The summed E-state index contributed by atoms with van der Waals surface area (Å²) < 4.78 is 5.86. The van der Waals surface area contributed by atoms with Gasteiger partial charge in [0.2, 0.25) is 5.90 Å². The Morgan fingerprint density at radius 2 is 1.84 bits per heavy atom. The molecule has 0 radical (unpaired) electrons. The maximum atomic E-state index is 5.86. The minimum Gasteiger partial charge on any atom is -0.478 e. The Hall–Kier alpha value is -0.140. The molecular formula is C15H31N2OP. The van der Waals surface area contributed by atoms with Crippen molar-refractivity contribution in [3.63, 3.8) is 0 Å². The van der Waals surface area contributed by atoms with E-state index in [-0.39, 0.29) is 14.1 Å². The van der Waals surface area contributed by atoms with Crippen LogP contribution in [-0.4, -0.2) is 36.4 Å². The van der Waals surface area contributed by atoms with Crippen LogP contribution >= 0.6 is 8.07 Å². The Kier molecular flexibility index (Phi) is 5.82. The summed E-state index contributed by atoms with van der Waals surface area (Å²) in [7, 11) is -0.250. The molecule has 0 fully saturated rings. The predicted molar refractivity (Wildman–Crippen MR) is 86.4 cm³/mol. The normalized spacial score (nSPS) is 23.5. The van der Waals surface area contributed by atoms with Gasteiger partial charge in [-0.25, -0.2) is 4.99 Å². The standard InChI is InChI=1S/C15H31N2OP/c1-10(2)12-9-18-14(16-12)13(11(3)4)17-19(8)15(5,6)7/h10-13,17H,9H2,1-8H3/t12-,13?,19?/m0/s1. The molecule has 19 heavy (non-hydrogen) atoms. The van der Waals surface area contributed by atoms with Crippen LogP contribution in [0.15, 0.2) is 4.99 Å². The van der Waals surface area contributed by atoms with E-state index in [1.54, 1.807) is 0 Å². The van der Waals surface area contributed by atoms with Gasteiger partial charge in [-0.15, -0.1) is 0 Å². The maximum absolute atomic E-state index is 5.86. The summed E-state index contributed by atoms with van der Waals surface area (Å²) in [6.45, 7) is 18.8. The molecule has 0 aliphatic carbocycles. The first-order chi connectivity index (χ1) is 8.62. The van der Waals surface area contributed by atoms with Crippen molar-refractivity contribution in [2.24, 2.45) is 16.8 Å². The van der Waals surface area contributed by atoms with Crippen molar-refractivity contribution < 1.29 is 4.74 Å². The Bertz CT molecular complexity index is 321. The van der Waals surface area contributed by atoms with Gasteiger partial charge in [-0.1, -0.05) is 48.5 Å². The highest BCUT2D eigenvalue weighted by Crippen LogP contribution is 2.43. The maximum Gasteiger partial charge on any atom is 0.201 e. The Balaban J connectivity index is 2.77. The van der Waals surface area contributed by atoms with Crippen molar-refractivity contribution in [2.45, 2.75) is 65.7 Å². The third-order valence-electron chi connectivity index (χ3n) is 3.74. The molecule has 0 saturated carbocycles. The summed E-state index contributed by atoms with van der Waals surface area (Å²) in [6.07, 6.45) is 0. The monoisotopic (exact) mass is 286 g/mol. The minimum absolute atomic E-state index is 0.249. The Morgan fingerprint density at radius 1 is 1.26 bits per heavy atom. The van der Waals surface area contributed by atoms with Crippen LogP contribution in [0.1, 0.15) is 48.5 Å². The van der Waals surface area contributed by atoms with E-state index in [0.717, 1.165) is 12.5 Å². The summed E-state index contributed by atoms with van der Waals surface area (Å²) in [6, 6.07) is 0.579. The third kappa shape index (κ3) is 4.72. The molecule has 0 spiro atoms. The van der Waals surface area contributed by atoms with Crippen LogP contribution in [0.5, 0.6) is 0 Å². The van der Waals surface area contributed by atoms with Crippen LogP contribution in [0, 0.1) is 11.8 Å². The van der Waals surface area contributed by atoms with Gasteiger partial charge in [0.25, 0.3) is 0 Å². The summed E-state index contributed by atoms with van der Waals surface area (Å²) in [5.74, 6) is 1.97. The van der Waals surface area contributed by atoms with Crippen LogP contribution in [0.3, 0.4) is 0 Å². The zero-order valence-corrected chi connectivity index (χ0v) is 14.7. The molecule has 0 bridgehead atoms. The average molecular weight is 286 g/mol. The molecule has 0 aromatic heterocycles. The molecule has 0 amide bonds. The second-order valence-electron chi connectivity index (χ2n) is 7.17. The molecule has 0 saturated heterocycles. The Labute approximate surface area is 120 Å². The zero-order valence-electron chi connectivity index (χ0n) is 13.8. The van der Waals surface area contributed by atoms with Gasteiger partial charge < -0.3 is 4.74 Å². The first-order valence-corrected chi connectivity index (χ1v) is 9.12. The lowest BCUT2D eigenvalue weighted by molar-refractivity contribution is 0.275. The fraction of sp³-hybridized carbons (Fsp3) is 0.933. The number of ether oxygens (including phenoxy) is 1. The molecule has 1 aliphatic rings. The van der Waals surface area contributed by atoms with E-state index in [1.807, 2.05) is 0 Å². The van der Waals surface area contributed by atoms with Crippen molar-refractivity contribution in [3.05, 3.63) is 0 Å². The Morgan fingerprint density at radius 3 is 2.21 bits per heavy atom. The summed E-state index contributed by atoms with van der Waals surface area (Å²) >= 11 is 0. The highest BCUT2D eigenvalue weighted by molar-refractivity contribution is 7.56. The lowest BCUT2D eigenvalue weighted by atomic mass is 10.1. The van der Waals surface area contributed by atoms with Crippen molar-refractivity contribution >= 4 is 14.0 Å². The van der Waals surface area contributed by atoms with Crippen LogP contribution in [0.4, 0.5) is 0 Å². The van der Waals surface area contributed by atoms with Gasteiger partial charge in [-0.2, -0.15) is 0 Å². The number of hydrogen-bond donors (Lipinski definition) is 1. The van der Waals surface area contributed by atoms with Crippen molar-refractivity contribution in [3.8, 4) is 0 Å². The van der Waals surface area contributed by atoms with E-state index >= 15 is 0 Å². The minimum atomic E-state index is -0.250. The molecule has 112 valence electrons. The first-order valence-electron chi connectivity index (χ1n) is 7.33. The van der Waals surface area contributed by atoms with Crippen LogP contribution in [0.2, 0.25) is 0 Å². The molecule has 1 heterocycles. The lowest BCUT2D eigenvalue weighted by Crippen LogP contribution is -2.40. The number of nitrogens with one attached hydrogen (secondary N) is 1. The second-order valence-corrected chi connectivity index (χ2v) is 9.89. The molecule has 0 aromatic rings. The molecule has 1 aliphatic heterocycles. The van der Waals surface area contributed by atoms with Gasteiger partial charge >= 0.3 is 0 Å². The lowest BCUT2D eigenvalue weighted by Gasteiger charge is -2.33. The van der Waals surface area contributed by atoms with Crippen LogP contribution in [-0.2, 0) is 4.74 Å².